The number of nitrogens with one attached hydrogen (secondary N) is 1. The van der Waals surface area contributed by atoms with E-state index in [1.54, 1.807) is 0 Å². The molecule has 0 spiro atoms. The van der Waals surface area contributed by atoms with E-state index in [9.17, 15) is 13.5 Å². The quantitative estimate of drug-likeness (QED) is 0.746. The minimum absolute atomic E-state index is 0.0776. The van der Waals surface area contributed by atoms with Gasteiger partial charge < -0.3 is 10.4 Å². The molecule has 0 aromatic heterocycles. The third-order valence-corrected chi connectivity index (χ3v) is 5.51. The normalized spacial score (nSPS) is 42.6. The summed E-state index contributed by atoms with van der Waals surface area (Å²) in [5.41, 5.74) is 0. The van der Waals surface area contributed by atoms with Crippen LogP contribution in [0.3, 0.4) is 0 Å². The van der Waals surface area contributed by atoms with Crippen molar-refractivity contribution >= 4 is 9.84 Å². The molecule has 4 atom stereocenters. The molecule has 2 fully saturated rings. The fourth-order valence-electron chi connectivity index (χ4n) is 2.85. The third-order valence-electron chi connectivity index (χ3n) is 3.79. The summed E-state index contributed by atoms with van der Waals surface area (Å²) in [4.78, 5) is 0. The van der Waals surface area contributed by atoms with Crippen LogP contribution in [-0.2, 0) is 9.84 Å². The number of aliphatic hydroxyl groups excluding tert-OH is 1. The van der Waals surface area contributed by atoms with Gasteiger partial charge in [0.25, 0.3) is 0 Å². The molecule has 2 rings (SSSR count). The first-order chi connectivity index (χ1) is 7.46. The Bertz CT molecular complexity index is 341. The van der Waals surface area contributed by atoms with Crippen molar-refractivity contribution in [1.29, 1.82) is 0 Å². The Morgan fingerprint density at radius 3 is 2.56 bits per heavy atom. The number of sulfone groups is 1. The first kappa shape index (κ1) is 12.3. The predicted molar refractivity (Wildman–Crippen MR) is 63.0 cm³/mol. The zero-order chi connectivity index (χ0) is 11.8. The first-order valence-corrected chi connectivity index (χ1v) is 7.90. The molecule has 0 amide bonds. The fourth-order valence-corrected chi connectivity index (χ4v) is 4.63. The van der Waals surface area contributed by atoms with Crippen LogP contribution in [0, 0.1) is 11.8 Å². The van der Waals surface area contributed by atoms with Crippen LogP contribution in [0.25, 0.3) is 0 Å². The van der Waals surface area contributed by atoms with Gasteiger partial charge in [-0.05, 0) is 31.2 Å². The van der Waals surface area contributed by atoms with Gasteiger partial charge in [-0.15, -0.1) is 0 Å². The van der Waals surface area contributed by atoms with Crippen LogP contribution in [0.1, 0.15) is 26.2 Å². The van der Waals surface area contributed by atoms with Gasteiger partial charge in [-0.3, -0.25) is 0 Å². The molecule has 4 unspecified atom stereocenters. The lowest BCUT2D eigenvalue weighted by molar-refractivity contribution is 0.163. The van der Waals surface area contributed by atoms with Gasteiger partial charge in [0.05, 0.1) is 17.6 Å². The molecule has 2 aliphatic rings. The summed E-state index contributed by atoms with van der Waals surface area (Å²) < 4.78 is 22.6. The summed E-state index contributed by atoms with van der Waals surface area (Å²) in [6.07, 6.45) is 3.01. The van der Waals surface area contributed by atoms with Crippen molar-refractivity contribution in [2.45, 2.75) is 38.3 Å². The van der Waals surface area contributed by atoms with Crippen molar-refractivity contribution in [3.63, 3.8) is 0 Å². The number of rotatable bonds is 3. The van der Waals surface area contributed by atoms with Crippen molar-refractivity contribution < 1.29 is 13.5 Å². The highest BCUT2D eigenvalue weighted by atomic mass is 32.2. The molecule has 4 nitrogen and oxygen atoms in total. The lowest BCUT2D eigenvalue weighted by Gasteiger charge is -2.18. The second-order valence-electron chi connectivity index (χ2n) is 5.44. The molecule has 2 N–H and O–H groups in total. The van der Waals surface area contributed by atoms with E-state index in [-0.39, 0.29) is 17.5 Å². The zero-order valence-electron chi connectivity index (χ0n) is 9.72. The van der Waals surface area contributed by atoms with Gasteiger partial charge in [0, 0.05) is 6.04 Å². The van der Waals surface area contributed by atoms with E-state index >= 15 is 0 Å². The molecule has 0 aromatic rings. The van der Waals surface area contributed by atoms with E-state index in [0.717, 1.165) is 12.5 Å². The molecule has 1 aliphatic heterocycles. The van der Waals surface area contributed by atoms with Gasteiger partial charge in [-0.1, -0.05) is 13.3 Å². The Hall–Kier alpha value is -0.130. The number of aliphatic hydroxyl groups is 1. The molecular weight excluding hydrogens is 226 g/mol. The van der Waals surface area contributed by atoms with Crippen LogP contribution in [0.2, 0.25) is 0 Å². The molecule has 5 heteroatoms. The smallest absolute Gasteiger partial charge is 0.154 e. The lowest BCUT2D eigenvalue weighted by atomic mass is 10.1. The Labute approximate surface area is 97.3 Å². The van der Waals surface area contributed by atoms with Gasteiger partial charge in [0.1, 0.15) is 0 Å². The van der Waals surface area contributed by atoms with E-state index in [1.807, 2.05) is 0 Å². The third kappa shape index (κ3) is 2.96. The summed E-state index contributed by atoms with van der Waals surface area (Å²) in [6, 6.07) is -0.249. The van der Waals surface area contributed by atoms with Crippen molar-refractivity contribution in [1.82, 2.24) is 5.32 Å². The summed E-state index contributed by atoms with van der Waals surface area (Å²) >= 11 is 0. The molecular formula is C11H21NO3S. The molecule has 1 saturated carbocycles. The monoisotopic (exact) mass is 247 g/mol. The molecule has 1 heterocycles. The summed E-state index contributed by atoms with van der Waals surface area (Å²) in [5.74, 6) is 1.47. The highest BCUT2D eigenvalue weighted by Gasteiger charge is 2.36. The molecule has 1 aliphatic carbocycles. The fraction of sp³-hybridized carbons (Fsp3) is 1.00. The lowest BCUT2D eigenvalue weighted by Crippen LogP contribution is -2.41. The highest BCUT2D eigenvalue weighted by Crippen LogP contribution is 2.29. The maximum absolute atomic E-state index is 11.3. The summed E-state index contributed by atoms with van der Waals surface area (Å²) in [5, 5.41) is 12.8. The standard InChI is InChI=1S/C11H21NO3S/c1-8-2-3-9(4-8)5-12-10-6-16(14,15)7-11(10)13/h8-13H,2-7H2,1H3. The van der Waals surface area contributed by atoms with E-state index in [4.69, 9.17) is 0 Å². The average Bonchev–Trinajstić information content (AvgIpc) is 2.67. The van der Waals surface area contributed by atoms with E-state index in [2.05, 4.69) is 12.2 Å². The SMILES string of the molecule is CC1CCC(CNC2CS(=O)(=O)CC2O)C1. The van der Waals surface area contributed by atoms with Gasteiger partial charge in [-0.25, -0.2) is 8.42 Å². The molecule has 1 saturated heterocycles. The molecule has 16 heavy (non-hydrogen) atoms. The van der Waals surface area contributed by atoms with Gasteiger partial charge in [-0.2, -0.15) is 0 Å². The minimum Gasteiger partial charge on any atom is -0.390 e. The van der Waals surface area contributed by atoms with Gasteiger partial charge in [0.2, 0.25) is 0 Å². The Balaban J connectivity index is 1.78. The molecule has 0 radical (unpaired) electrons. The van der Waals surface area contributed by atoms with Crippen molar-refractivity contribution in [3.8, 4) is 0 Å². The minimum atomic E-state index is -3.01. The zero-order valence-corrected chi connectivity index (χ0v) is 10.5. The Morgan fingerprint density at radius 1 is 1.31 bits per heavy atom. The first-order valence-electron chi connectivity index (χ1n) is 6.08. The number of hydrogen-bond acceptors (Lipinski definition) is 4. The second-order valence-corrected chi connectivity index (χ2v) is 7.60. The average molecular weight is 247 g/mol. The molecule has 0 bridgehead atoms. The Kier molecular flexibility index (Phi) is 3.56. The van der Waals surface area contributed by atoms with Crippen molar-refractivity contribution in [2.24, 2.45) is 11.8 Å². The number of hydrogen-bond donors (Lipinski definition) is 2. The molecule has 0 aromatic carbocycles. The van der Waals surface area contributed by atoms with Gasteiger partial charge in [0.15, 0.2) is 9.84 Å². The van der Waals surface area contributed by atoms with Crippen LogP contribution < -0.4 is 5.32 Å². The van der Waals surface area contributed by atoms with Gasteiger partial charge >= 0.3 is 0 Å². The summed E-state index contributed by atoms with van der Waals surface area (Å²) in [6.45, 7) is 3.11. The maximum Gasteiger partial charge on any atom is 0.154 e. The van der Waals surface area contributed by atoms with E-state index < -0.39 is 15.9 Å². The topological polar surface area (TPSA) is 66.4 Å². The van der Waals surface area contributed by atoms with Crippen molar-refractivity contribution in [2.75, 3.05) is 18.1 Å². The van der Waals surface area contributed by atoms with Crippen LogP contribution in [0.4, 0.5) is 0 Å². The largest absolute Gasteiger partial charge is 0.390 e. The van der Waals surface area contributed by atoms with Crippen LogP contribution in [0.5, 0.6) is 0 Å². The summed E-state index contributed by atoms with van der Waals surface area (Å²) in [7, 11) is -3.01. The van der Waals surface area contributed by atoms with Crippen LogP contribution in [-0.4, -0.2) is 43.7 Å². The highest BCUT2D eigenvalue weighted by molar-refractivity contribution is 7.91. The maximum atomic E-state index is 11.3. The van der Waals surface area contributed by atoms with Crippen molar-refractivity contribution in [3.05, 3.63) is 0 Å². The second kappa shape index (κ2) is 4.63. The van der Waals surface area contributed by atoms with Crippen LogP contribution >= 0.6 is 0 Å². The predicted octanol–water partition coefficient (Wildman–Crippen LogP) is 0.170. The molecule has 94 valence electrons. The van der Waals surface area contributed by atoms with E-state index in [0.29, 0.717) is 5.92 Å². The van der Waals surface area contributed by atoms with Crippen LogP contribution in [0.15, 0.2) is 0 Å². The van der Waals surface area contributed by atoms with E-state index in [1.165, 1.54) is 19.3 Å². The Morgan fingerprint density at radius 2 is 2.06 bits per heavy atom.